The van der Waals surface area contributed by atoms with Crippen molar-refractivity contribution in [3.05, 3.63) is 33.3 Å². The third-order valence-electron chi connectivity index (χ3n) is 3.32. The van der Waals surface area contributed by atoms with Crippen LogP contribution < -0.4 is 0 Å². The smallest absolute Gasteiger partial charge is 0.253 e. The fourth-order valence-electron chi connectivity index (χ4n) is 2.02. The molecular formula is C13H14BrCl2NO. The quantitative estimate of drug-likeness (QED) is 0.695. The SMILES string of the molecule is CC1CCN(C(=O)c2ccc(Br)c(Cl)c2)CC1Cl. The lowest BCUT2D eigenvalue weighted by Crippen LogP contribution is -2.43. The highest BCUT2D eigenvalue weighted by Gasteiger charge is 2.28. The first-order chi connectivity index (χ1) is 8.49. The van der Waals surface area contributed by atoms with Crippen LogP contribution in [0.15, 0.2) is 22.7 Å². The van der Waals surface area contributed by atoms with E-state index in [1.165, 1.54) is 0 Å². The van der Waals surface area contributed by atoms with Crippen LogP contribution in [0, 0.1) is 5.92 Å². The van der Waals surface area contributed by atoms with E-state index >= 15 is 0 Å². The van der Waals surface area contributed by atoms with Crippen LogP contribution >= 0.6 is 39.1 Å². The number of carbonyl (C=O) groups is 1. The van der Waals surface area contributed by atoms with Crippen molar-refractivity contribution < 1.29 is 4.79 Å². The molecule has 1 aromatic rings. The van der Waals surface area contributed by atoms with E-state index in [1.807, 2.05) is 0 Å². The molecule has 1 aliphatic heterocycles. The van der Waals surface area contributed by atoms with Crippen LogP contribution in [0.4, 0.5) is 0 Å². The summed E-state index contributed by atoms with van der Waals surface area (Å²) in [6, 6.07) is 5.26. The predicted octanol–water partition coefficient (Wildman–Crippen LogP) is 4.19. The molecule has 2 unspecified atom stereocenters. The highest BCUT2D eigenvalue weighted by Crippen LogP contribution is 2.26. The third kappa shape index (κ3) is 3.01. The number of likely N-dealkylation sites (tertiary alicyclic amines) is 1. The van der Waals surface area contributed by atoms with Crippen LogP contribution in [0.1, 0.15) is 23.7 Å². The number of hydrogen-bond acceptors (Lipinski definition) is 1. The molecule has 0 aromatic heterocycles. The molecule has 2 atom stereocenters. The number of nitrogens with zero attached hydrogens (tertiary/aromatic N) is 1. The Bertz CT molecular complexity index is 466. The standard InChI is InChI=1S/C13H14BrCl2NO/c1-8-4-5-17(7-12(8)16)13(18)9-2-3-10(14)11(15)6-9/h2-3,6,8,12H,4-5,7H2,1H3. The molecule has 0 N–H and O–H groups in total. The number of amides is 1. The summed E-state index contributed by atoms with van der Waals surface area (Å²) in [5.74, 6) is 0.464. The minimum absolute atomic E-state index is 0.00181. The van der Waals surface area contributed by atoms with Crippen molar-refractivity contribution in [2.75, 3.05) is 13.1 Å². The summed E-state index contributed by atoms with van der Waals surface area (Å²) in [6.45, 7) is 3.49. The first-order valence-corrected chi connectivity index (χ1v) is 7.48. The molecule has 98 valence electrons. The average molecular weight is 351 g/mol. The number of alkyl halides is 1. The van der Waals surface area contributed by atoms with Gasteiger partial charge >= 0.3 is 0 Å². The average Bonchev–Trinajstić information content (AvgIpc) is 2.35. The van der Waals surface area contributed by atoms with Crippen molar-refractivity contribution in [3.8, 4) is 0 Å². The van der Waals surface area contributed by atoms with Crippen LogP contribution in [0.25, 0.3) is 0 Å². The molecule has 1 saturated heterocycles. The molecular weight excluding hydrogens is 337 g/mol. The summed E-state index contributed by atoms with van der Waals surface area (Å²) in [6.07, 6.45) is 0.949. The fraction of sp³-hybridized carbons (Fsp3) is 0.462. The molecule has 1 aliphatic rings. The number of benzene rings is 1. The second-order valence-electron chi connectivity index (χ2n) is 4.66. The second kappa shape index (κ2) is 5.81. The van der Waals surface area contributed by atoms with Crippen LogP contribution in [-0.2, 0) is 0 Å². The normalized spacial score (nSPS) is 24.1. The second-order valence-corrected chi connectivity index (χ2v) is 6.48. The topological polar surface area (TPSA) is 20.3 Å². The first kappa shape index (κ1) is 14.2. The number of piperidine rings is 1. The molecule has 0 saturated carbocycles. The van der Waals surface area contributed by atoms with E-state index in [2.05, 4.69) is 22.9 Å². The zero-order chi connectivity index (χ0) is 13.3. The lowest BCUT2D eigenvalue weighted by atomic mass is 9.98. The van der Waals surface area contributed by atoms with Gasteiger partial charge in [-0.3, -0.25) is 4.79 Å². The summed E-state index contributed by atoms with van der Waals surface area (Å²) in [4.78, 5) is 14.1. The van der Waals surface area contributed by atoms with Gasteiger partial charge in [-0.2, -0.15) is 0 Å². The van der Waals surface area contributed by atoms with E-state index in [0.717, 1.165) is 17.4 Å². The molecule has 0 radical (unpaired) electrons. The monoisotopic (exact) mass is 349 g/mol. The van der Waals surface area contributed by atoms with Gasteiger partial charge in [-0.15, -0.1) is 11.6 Å². The van der Waals surface area contributed by atoms with E-state index in [-0.39, 0.29) is 11.3 Å². The van der Waals surface area contributed by atoms with E-state index in [4.69, 9.17) is 23.2 Å². The Labute approximate surface area is 125 Å². The van der Waals surface area contributed by atoms with Gasteiger partial charge in [-0.1, -0.05) is 18.5 Å². The zero-order valence-electron chi connectivity index (χ0n) is 10.00. The maximum atomic E-state index is 12.3. The number of hydrogen-bond donors (Lipinski definition) is 0. The summed E-state index contributed by atoms with van der Waals surface area (Å²) in [5.41, 5.74) is 0.613. The minimum atomic E-state index is 0.00181. The van der Waals surface area contributed by atoms with Gasteiger partial charge in [0.25, 0.3) is 5.91 Å². The van der Waals surface area contributed by atoms with Gasteiger partial charge in [0.05, 0.1) is 10.4 Å². The van der Waals surface area contributed by atoms with Gasteiger partial charge in [-0.05, 0) is 46.5 Å². The van der Waals surface area contributed by atoms with Gasteiger partial charge in [-0.25, -0.2) is 0 Å². The Kier molecular flexibility index (Phi) is 4.57. The lowest BCUT2D eigenvalue weighted by Gasteiger charge is -2.34. The largest absolute Gasteiger partial charge is 0.337 e. The van der Waals surface area contributed by atoms with Gasteiger partial charge in [0.1, 0.15) is 0 Å². The molecule has 1 heterocycles. The highest BCUT2D eigenvalue weighted by molar-refractivity contribution is 9.10. The zero-order valence-corrected chi connectivity index (χ0v) is 13.1. The number of halogens is 3. The lowest BCUT2D eigenvalue weighted by molar-refractivity contribution is 0.0701. The molecule has 5 heteroatoms. The predicted molar refractivity (Wildman–Crippen MR) is 78.5 cm³/mol. The van der Waals surface area contributed by atoms with Crippen LogP contribution in [0.2, 0.25) is 5.02 Å². The van der Waals surface area contributed by atoms with Crippen molar-refractivity contribution in [1.29, 1.82) is 0 Å². The first-order valence-electron chi connectivity index (χ1n) is 5.87. The molecule has 2 nitrogen and oxygen atoms in total. The minimum Gasteiger partial charge on any atom is -0.337 e. The van der Waals surface area contributed by atoms with Crippen molar-refractivity contribution >= 4 is 45.0 Å². The van der Waals surface area contributed by atoms with E-state index in [1.54, 1.807) is 23.1 Å². The van der Waals surface area contributed by atoms with E-state index in [0.29, 0.717) is 23.0 Å². The van der Waals surface area contributed by atoms with Crippen LogP contribution in [0.3, 0.4) is 0 Å². The summed E-state index contributed by atoms with van der Waals surface area (Å²) in [7, 11) is 0. The maximum absolute atomic E-state index is 12.3. The summed E-state index contributed by atoms with van der Waals surface area (Å²) < 4.78 is 0.795. The Hall–Kier alpha value is -0.250. The maximum Gasteiger partial charge on any atom is 0.253 e. The van der Waals surface area contributed by atoms with Gasteiger partial charge in [0.2, 0.25) is 0 Å². The number of carbonyl (C=O) groups excluding carboxylic acids is 1. The van der Waals surface area contributed by atoms with Crippen LogP contribution in [0.5, 0.6) is 0 Å². The molecule has 0 aliphatic carbocycles. The Morgan fingerprint density at radius 3 is 2.83 bits per heavy atom. The molecule has 1 amide bonds. The van der Waals surface area contributed by atoms with Gasteiger partial charge < -0.3 is 4.90 Å². The summed E-state index contributed by atoms with van der Waals surface area (Å²) in [5, 5.41) is 0.585. The number of rotatable bonds is 1. The van der Waals surface area contributed by atoms with Crippen molar-refractivity contribution in [2.45, 2.75) is 18.7 Å². The highest BCUT2D eigenvalue weighted by atomic mass is 79.9. The summed E-state index contributed by atoms with van der Waals surface area (Å²) >= 11 is 15.5. The van der Waals surface area contributed by atoms with Crippen molar-refractivity contribution in [3.63, 3.8) is 0 Å². The molecule has 1 aromatic carbocycles. The Balaban J connectivity index is 2.14. The van der Waals surface area contributed by atoms with E-state index < -0.39 is 0 Å². The molecule has 18 heavy (non-hydrogen) atoms. The Morgan fingerprint density at radius 1 is 1.50 bits per heavy atom. The van der Waals surface area contributed by atoms with Crippen LogP contribution in [-0.4, -0.2) is 29.3 Å². The van der Waals surface area contributed by atoms with Crippen molar-refractivity contribution in [2.24, 2.45) is 5.92 Å². The molecule has 2 rings (SSSR count). The van der Waals surface area contributed by atoms with Crippen molar-refractivity contribution in [1.82, 2.24) is 4.90 Å². The van der Waals surface area contributed by atoms with Gasteiger partial charge in [0.15, 0.2) is 0 Å². The molecule has 0 bridgehead atoms. The van der Waals surface area contributed by atoms with Gasteiger partial charge in [0, 0.05) is 23.1 Å². The fourth-order valence-corrected chi connectivity index (χ4v) is 2.74. The molecule has 1 fully saturated rings. The Morgan fingerprint density at radius 2 is 2.22 bits per heavy atom. The molecule has 0 spiro atoms. The third-order valence-corrected chi connectivity index (χ3v) is 5.12. The van der Waals surface area contributed by atoms with E-state index in [9.17, 15) is 4.79 Å².